The number of allylic oxidation sites excluding steroid dienone is 4. The Hall–Kier alpha value is -1.21. The average molecular weight is 127 g/mol. The van der Waals surface area contributed by atoms with E-state index < -0.39 is 11.8 Å². The van der Waals surface area contributed by atoms with Crippen LogP contribution in [-0.4, -0.2) is 5.87 Å². The first kappa shape index (κ1) is 5.92. The van der Waals surface area contributed by atoms with Gasteiger partial charge in [0.05, 0.1) is 0 Å². The van der Waals surface area contributed by atoms with Crippen LogP contribution in [0.3, 0.4) is 0 Å². The second-order valence-electron chi connectivity index (χ2n) is 1.42. The summed E-state index contributed by atoms with van der Waals surface area (Å²) in [6.07, 6.45) is 3.36. The first-order chi connectivity index (χ1) is 4.29. The molecule has 0 saturated carbocycles. The zero-order chi connectivity index (χ0) is 6.69. The number of hydrogen-bond donors (Lipinski definition) is 0. The number of halogens is 2. The summed E-state index contributed by atoms with van der Waals surface area (Å²) in [6, 6.07) is 0. The van der Waals surface area contributed by atoms with E-state index in [-0.39, 0.29) is 0 Å². The van der Waals surface area contributed by atoms with Gasteiger partial charge in [-0.05, 0) is 12.2 Å². The van der Waals surface area contributed by atoms with Crippen LogP contribution in [0.5, 0.6) is 0 Å². The van der Waals surface area contributed by atoms with Crippen LogP contribution in [-0.2, 0) is 0 Å². The molecule has 9 heavy (non-hydrogen) atoms. The van der Waals surface area contributed by atoms with Gasteiger partial charge in [-0.2, -0.15) is 13.8 Å². The number of hydrogen-bond acceptors (Lipinski definition) is 1. The molecule has 0 aromatic carbocycles. The van der Waals surface area contributed by atoms with E-state index in [1.54, 1.807) is 0 Å². The Morgan fingerprint density at radius 3 is 3.00 bits per heavy atom. The van der Waals surface area contributed by atoms with E-state index in [1.165, 1.54) is 6.08 Å². The molecule has 46 valence electrons. The van der Waals surface area contributed by atoms with E-state index in [1.807, 2.05) is 5.87 Å². The molecule has 0 aliphatic carbocycles. The van der Waals surface area contributed by atoms with Crippen LogP contribution in [0.2, 0.25) is 0 Å². The molecule has 1 aliphatic rings. The summed E-state index contributed by atoms with van der Waals surface area (Å²) >= 11 is 0. The molecule has 0 spiro atoms. The fraction of sp³-hybridized carbons (Fsp3) is 0. The lowest BCUT2D eigenvalue weighted by Gasteiger charge is -1.72. The lowest BCUT2D eigenvalue weighted by molar-refractivity contribution is 0.629. The fourth-order valence-corrected chi connectivity index (χ4v) is 0.393. The molecule has 0 amide bonds. The Bertz CT molecular complexity index is 231. The van der Waals surface area contributed by atoms with Gasteiger partial charge in [0.15, 0.2) is 5.83 Å². The topological polar surface area (TPSA) is 12.4 Å². The van der Waals surface area contributed by atoms with Crippen molar-refractivity contribution in [2.45, 2.75) is 0 Å². The van der Waals surface area contributed by atoms with Gasteiger partial charge in [0.2, 0.25) is 5.95 Å². The highest BCUT2D eigenvalue weighted by molar-refractivity contribution is 5.61. The van der Waals surface area contributed by atoms with Crippen molar-refractivity contribution in [2.24, 2.45) is 4.99 Å². The zero-order valence-corrected chi connectivity index (χ0v) is 4.44. The summed E-state index contributed by atoms with van der Waals surface area (Å²) in [5, 5.41) is 0. The van der Waals surface area contributed by atoms with Crippen LogP contribution in [0.25, 0.3) is 0 Å². The summed E-state index contributed by atoms with van der Waals surface area (Å²) in [5.74, 6) is 0.434. The normalized spacial score (nSPS) is 16.7. The van der Waals surface area contributed by atoms with E-state index in [2.05, 4.69) is 4.99 Å². The van der Waals surface area contributed by atoms with Crippen molar-refractivity contribution in [3.05, 3.63) is 30.0 Å². The molecule has 0 saturated heterocycles. The zero-order valence-electron chi connectivity index (χ0n) is 4.44. The van der Waals surface area contributed by atoms with E-state index in [0.717, 1.165) is 12.2 Å². The lowest BCUT2D eigenvalue weighted by atomic mass is 10.4. The molecule has 0 N–H and O–H groups in total. The molecule has 0 unspecified atom stereocenters. The predicted molar refractivity (Wildman–Crippen MR) is 30.4 cm³/mol. The highest BCUT2D eigenvalue weighted by atomic mass is 19.1. The highest BCUT2D eigenvalue weighted by Crippen LogP contribution is 2.03. The quantitative estimate of drug-likeness (QED) is 0.440. The minimum absolute atomic E-state index is 0.668. The molecule has 1 nitrogen and oxygen atoms in total. The van der Waals surface area contributed by atoms with Gasteiger partial charge in [0, 0.05) is 5.87 Å². The number of nitrogens with zero attached hydrogens (tertiary/aromatic N) is 1. The summed E-state index contributed by atoms with van der Waals surface area (Å²) in [6.45, 7) is 0. The third-order valence-corrected chi connectivity index (χ3v) is 0.746. The Morgan fingerprint density at radius 1 is 1.44 bits per heavy atom. The Kier molecular flexibility index (Phi) is 1.56. The van der Waals surface area contributed by atoms with Gasteiger partial charge in [0.25, 0.3) is 0 Å². The van der Waals surface area contributed by atoms with Gasteiger partial charge in [-0.1, -0.05) is 6.08 Å². The van der Waals surface area contributed by atoms with Crippen molar-refractivity contribution in [3.8, 4) is 0 Å². The molecule has 0 bridgehead atoms. The van der Waals surface area contributed by atoms with Crippen molar-refractivity contribution >= 4 is 5.87 Å². The SMILES string of the molecule is FC1=C=NC(F)=CC=C1. The minimum atomic E-state index is -0.737. The summed E-state index contributed by atoms with van der Waals surface area (Å²) in [4.78, 5) is 2.97. The van der Waals surface area contributed by atoms with Gasteiger partial charge >= 0.3 is 0 Å². The van der Waals surface area contributed by atoms with Crippen molar-refractivity contribution in [3.63, 3.8) is 0 Å². The molecule has 0 aromatic rings. The van der Waals surface area contributed by atoms with Gasteiger partial charge in [0.1, 0.15) is 0 Å². The first-order valence-corrected chi connectivity index (χ1v) is 2.32. The van der Waals surface area contributed by atoms with Crippen molar-refractivity contribution in [1.29, 1.82) is 0 Å². The monoisotopic (exact) mass is 127 g/mol. The van der Waals surface area contributed by atoms with Crippen LogP contribution in [0.15, 0.2) is 35.0 Å². The van der Waals surface area contributed by atoms with Gasteiger partial charge in [-0.25, -0.2) is 0 Å². The van der Waals surface area contributed by atoms with Crippen LogP contribution >= 0.6 is 0 Å². The number of rotatable bonds is 0. The van der Waals surface area contributed by atoms with Crippen LogP contribution in [0.4, 0.5) is 8.78 Å². The van der Waals surface area contributed by atoms with Crippen molar-refractivity contribution in [1.82, 2.24) is 0 Å². The van der Waals surface area contributed by atoms with Crippen molar-refractivity contribution < 1.29 is 8.78 Å². The molecule has 1 aliphatic heterocycles. The van der Waals surface area contributed by atoms with Crippen LogP contribution < -0.4 is 0 Å². The van der Waals surface area contributed by atoms with Gasteiger partial charge in [-0.3, -0.25) is 0 Å². The Morgan fingerprint density at radius 2 is 2.22 bits per heavy atom. The fourth-order valence-electron chi connectivity index (χ4n) is 0.393. The third kappa shape index (κ3) is 1.63. The third-order valence-electron chi connectivity index (χ3n) is 0.746. The van der Waals surface area contributed by atoms with E-state index in [9.17, 15) is 8.78 Å². The Balaban J connectivity index is 3.01. The minimum Gasteiger partial charge on any atom is -0.196 e. The van der Waals surface area contributed by atoms with E-state index in [0.29, 0.717) is 0 Å². The molecule has 1 rings (SSSR count). The maximum atomic E-state index is 12.0. The first-order valence-electron chi connectivity index (χ1n) is 2.32. The molecule has 1 heterocycles. The second kappa shape index (κ2) is 2.37. The summed E-state index contributed by atoms with van der Waals surface area (Å²) < 4.78 is 24.1. The highest BCUT2D eigenvalue weighted by Gasteiger charge is 1.90. The molecular weight excluding hydrogens is 124 g/mol. The standard InChI is InChI=1S/C6H3F2N/c7-5-2-1-3-6(8)9-4-5/h1-3H. The maximum Gasteiger partial charge on any atom is 0.221 e. The molecule has 0 atom stereocenters. The van der Waals surface area contributed by atoms with E-state index >= 15 is 0 Å². The molecule has 0 radical (unpaired) electrons. The Labute approximate surface area is 50.7 Å². The molecule has 3 heteroatoms. The van der Waals surface area contributed by atoms with Crippen molar-refractivity contribution in [2.75, 3.05) is 0 Å². The number of aliphatic imine (C=N–C) groups is 1. The van der Waals surface area contributed by atoms with E-state index in [4.69, 9.17) is 0 Å². The maximum absolute atomic E-state index is 12.0. The van der Waals surface area contributed by atoms with Crippen LogP contribution in [0.1, 0.15) is 0 Å². The van der Waals surface area contributed by atoms with Gasteiger partial charge in [-0.15, -0.1) is 0 Å². The summed E-state index contributed by atoms with van der Waals surface area (Å²) in [5.41, 5.74) is 0. The van der Waals surface area contributed by atoms with Gasteiger partial charge < -0.3 is 0 Å². The smallest absolute Gasteiger partial charge is 0.196 e. The summed E-state index contributed by atoms with van der Waals surface area (Å²) in [7, 11) is 0. The van der Waals surface area contributed by atoms with Crippen LogP contribution in [0, 0.1) is 0 Å². The lowest BCUT2D eigenvalue weighted by Crippen LogP contribution is -1.61. The average Bonchev–Trinajstić information content (AvgIpc) is 1.97. The predicted octanol–water partition coefficient (Wildman–Crippen LogP) is 1.89. The largest absolute Gasteiger partial charge is 0.221 e. The molecule has 0 aromatic heterocycles. The molecule has 0 fully saturated rings. The molecular formula is C6H3F2N. The second-order valence-corrected chi connectivity index (χ2v) is 1.42.